The van der Waals surface area contributed by atoms with Crippen LogP contribution in [0.25, 0.3) is 0 Å². The van der Waals surface area contributed by atoms with E-state index in [1.807, 2.05) is 31.2 Å². The van der Waals surface area contributed by atoms with Gasteiger partial charge in [0.25, 0.3) is 0 Å². The number of hydrogen-bond acceptors (Lipinski definition) is 3. The SMILES string of the molecule is COc1ccc(N(C)C(=O)CCCC(C)N)cc1. The Labute approximate surface area is 109 Å². The minimum atomic E-state index is 0.112. The van der Waals surface area contributed by atoms with Gasteiger partial charge in [-0.3, -0.25) is 4.79 Å². The van der Waals surface area contributed by atoms with Gasteiger partial charge >= 0.3 is 0 Å². The molecule has 0 saturated heterocycles. The number of rotatable bonds is 6. The van der Waals surface area contributed by atoms with Crippen LogP contribution in [0.1, 0.15) is 26.2 Å². The number of methoxy groups -OCH3 is 1. The van der Waals surface area contributed by atoms with E-state index in [1.54, 1.807) is 19.1 Å². The molecular weight excluding hydrogens is 228 g/mol. The number of nitrogens with zero attached hydrogens (tertiary/aromatic N) is 1. The van der Waals surface area contributed by atoms with E-state index in [-0.39, 0.29) is 11.9 Å². The van der Waals surface area contributed by atoms with Gasteiger partial charge in [-0.05, 0) is 44.0 Å². The van der Waals surface area contributed by atoms with Crippen molar-refractivity contribution >= 4 is 11.6 Å². The number of anilines is 1. The van der Waals surface area contributed by atoms with Gasteiger partial charge < -0.3 is 15.4 Å². The zero-order valence-corrected chi connectivity index (χ0v) is 11.3. The van der Waals surface area contributed by atoms with Crippen LogP contribution in [0, 0.1) is 0 Å². The molecule has 2 N–H and O–H groups in total. The fourth-order valence-corrected chi connectivity index (χ4v) is 1.69. The molecule has 4 heteroatoms. The topological polar surface area (TPSA) is 55.6 Å². The van der Waals surface area contributed by atoms with Crippen LogP contribution in [0.4, 0.5) is 5.69 Å². The van der Waals surface area contributed by atoms with Crippen LogP contribution in [0.3, 0.4) is 0 Å². The monoisotopic (exact) mass is 250 g/mol. The lowest BCUT2D eigenvalue weighted by molar-refractivity contribution is -0.118. The molecule has 0 spiro atoms. The Morgan fingerprint density at radius 2 is 2.00 bits per heavy atom. The molecule has 0 saturated carbocycles. The lowest BCUT2D eigenvalue weighted by Crippen LogP contribution is -2.26. The van der Waals surface area contributed by atoms with Crippen molar-refractivity contribution in [1.82, 2.24) is 0 Å². The molecule has 0 aliphatic heterocycles. The third-order valence-electron chi connectivity index (χ3n) is 2.88. The largest absolute Gasteiger partial charge is 0.497 e. The Balaban J connectivity index is 2.51. The van der Waals surface area contributed by atoms with E-state index >= 15 is 0 Å². The lowest BCUT2D eigenvalue weighted by Gasteiger charge is -2.18. The van der Waals surface area contributed by atoms with Gasteiger partial charge in [0.15, 0.2) is 0 Å². The first-order valence-electron chi connectivity index (χ1n) is 6.20. The summed E-state index contributed by atoms with van der Waals surface area (Å²) < 4.78 is 5.08. The average Bonchev–Trinajstić information content (AvgIpc) is 2.37. The van der Waals surface area contributed by atoms with E-state index < -0.39 is 0 Å². The second-order valence-electron chi connectivity index (χ2n) is 4.52. The summed E-state index contributed by atoms with van der Waals surface area (Å²) >= 11 is 0. The summed E-state index contributed by atoms with van der Waals surface area (Å²) in [5.74, 6) is 0.900. The first-order chi connectivity index (χ1) is 8.54. The molecule has 1 amide bonds. The highest BCUT2D eigenvalue weighted by Gasteiger charge is 2.10. The third-order valence-corrected chi connectivity index (χ3v) is 2.88. The molecule has 1 aromatic rings. The normalized spacial score (nSPS) is 12.0. The van der Waals surface area contributed by atoms with Crippen molar-refractivity contribution in [1.29, 1.82) is 0 Å². The van der Waals surface area contributed by atoms with E-state index in [1.165, 1.54) is 0 Å². The quantitative estimate of drug-likeness (QED) is 0.842. The summed E-state index contributed by atoms with van der Waals surface area (Å²) in [6, 6.07) is 7.61. The summed E-state index contributed by atoms with van der Waals surface area (Å²) in [6.45, 7) is 1.96. The molecule has 0 aliphatic carbocycles. The van der Waals surface area contributed by atoms with Crippen LogP contribution in [-0.4, -0.2) is 26.1 Å². The van der Waals surface area contributed by atoms with E-state index in [9.17, 15) is 4.79 Å². The fraction of sp³-hybridized carbons (Fsp3) is 0.500. The molecule has 100 valence electrons. The minimum absolute atomic E-state index is 0.112. The van der Waals surface area contributed by atoms with Gasteiger partial charge in [-0.2, -0.15) is 0 Å². The molecule has 0 aromatic heterocycles. The standard InChI is InChI=1S/C14H22N2O2/c1-11(15)5-4-6-14(17)16(2)12-7-9-13(18-3)10-8-12/h7-11H,4-6,15H2,1-3H3. The lowest BCUT2D eigenvalue weighted by atomic mass is 10.1. The number of carbonyl (C=O) groups is 1. The molecule has 1 aromatic carbocycles. The van der Waals surface area contributed by atoms with Crippen LogP contribution in [-0.2, 0) is 4.79 Å². The highest BCUT2D eigenvalue weighted by molar-refractivity contribution is 5.92. The first-order valence-corrected chi connectivity index (χ1v) is 6.20. The summed E-state index contributed by atoms with van der Waals surface area (Å²) in [7, 11) is 3.41. The van der Waals surface area contributed by atoms with Crippen LogP contribution in [0.15, 0.2) is 24.3 Å². The highest BCUT2D eigenvalue weighted by Crippen LogP contribution is 2.19. The minimum Gasteiger partial charge on any atom is -0.497 e. The van der Waals surface area contributed by atoms with Crippen molar-refractivity contribution in [2.24, 2.45) is 5.73 Å². The maximum absolute atomic E-state index is 11.9. The molecule has 1 atom stereocenters. The van der Waals surface area contributed by atoms with Crippen molar-refractivity contribution in [2.75, 3.05) is 19.1 Å². The van der Waals surface area contributed by atoms with Crippen LogP contribution in [0.5, 0.6) is 5.75 Å². The van der Waals surface area contributed by atoms with Crippen molar-refractivity contribution in [3.63, 3.8) is 0 Å². The Morgan fingerprint density at radius 1 is 1.39 bits per heavy atom. The number of nitrogens with two attached hydrogens (primary N) is 1. The predicted octanol–water partition coefficient (Wildman–Crippen LogP) is 2.18. The zero-order chi connectivity index (χ0) is 13.5. The second kappa shape index (κ2) is 7.01. The van der Waals surface area contributed by atoms with Gasteiger partial charge in [-0.25, -0.2) is 0 Å². The fourth-order valence-electron chi connectivity index (χ4n) is 1.69. The zero-order valence-electron chi connectivity index (χ0n) is 11.3. The maximum atomic E-state index is 11.9. The van der Waals surface area contributed by atoms with Crippen LogP contribution < -0.4 is 15.4 Å². The Hall–Kier alpha value is -1.55. The third kappa shape index (κ3) is 4.37. The van der Waals surface area contributed by atoms with Crippen molar-refractivity contribution in [2.45, 2.75) is 32.2 Å². The van der Waals surface area contributed by atoms with Crippen LogP contribution >= 0.6 is 0 Å². The summed E-state index contributed by atoms with van der Waals surface area (Å²) in [4.78, 5) is 13.6. The molecule has 4 nitrogen and oxygen atoms in total. The number of carbonyl (C=O) groups excluding carboxylic acids is 1. The predicted molar refractivity (Wildman–Crippen MR) is 73.9 cm³/mol. The van der Waals surface area contributed by atoms with Gasteiger partial charge in [0.1, 0.15) is 5.75 Å². The molecule has 0 fully saturated rings. The summed E-state index contributed by atoms with van der Waals surface area (Å²) in [5, 5.41) is 0. The van der Waals surface area contributed by atoms with Gasteiger partial charge in [0.05, 0.1) is 7.11 Å². The highest BCUT2D eigenvalue weighted by atomic mass is 16.5. The maximum Gasteiger partial charge on any atom is 0.226 e. The summed E-state index contributed by atoms with van der Waals surface area (Å²) in [5.41, 5.74) is 6.54. The Bertz CT molecular complexity index is 374. The summed E-state index contributed by atoms with van der Waals surface area (Å²) in [6.07, 6.45) is 2.24. The first kappa shape index (κ1) is 14.5. The number of amides is 1. The number of hydrogen-bond donors (Lipinski definition) is 1. The Morgan fingerprint density at radius 3 is 2.50 bits per heavy atom. The molecule has 0 heterocycles. The van der Waals surface area contributed by atoms with E-state index in [2.05, 4.69) is 0 Å². The molecule has 1 unspecified atom stereocenters. The van der Waals surface area contributed by atoms with E-state index in [0.717, 1.165) is 24.3 Å². The van der Waals surface area contributed by atoms with Gasteiger partial charge in [0.2, 0.25) is 5.91 Å². The average molecular weight is 250 g/mol. The van der Waals surface area contributed by atoms with Crippen molar-refractivity contribution in [3.05, 3.63) is 24.3 Å². The van der Waals surface area contributed by atoms with Crippen molar-refractivity contribution in [3.8, 4) is 5.75 Å². The van der Waals surface area contributed by atoms with Gasteiger partial charge in [0, 0.05) is 25.2 Å². The number of benzene rings is 1. The molecule has 1 rings (SSSR count). The van der Waals surface area contributed by atoms with Gasteiger partial charge in [-0.15, -0.1) is 0 Å². The Kier molecular flexibility index (Phi) is 5.65. The molecular formula is C14H22N2O2. The van der Waals surface area contributed by atoms with E-state index in [4.69, 9.17) is 10.5 Å². The molecule has 0 radical (unpaired) electrons. The van der Waals surface area contributed by atoms with E-state index in [0.29, 0.717) is 6.42 Å². The molecule has 18 heavy (non-hydrogen) atoms. The second-order valence-corrected chi connectivity index (χ2v) is 4.52. The van der Waals surface area contributed by atoms with Gasteiger partial charge in [-0.1, -0.05) is 0 Å². The molecule has 0 bridgehead atoms. The molecule has 0 aliphatic rings. The van der Waals surface area contributed by atoms with Crippen molar-refractivity contribution < 1.29 is 9.53 Å². The smallest absolute Gasteiger partial charge is 0.226 e. The van der Waals surface area contributed by atoms with Crippen LogP contribution in [0.2, 0.25) is 0 Å². The number of ether oxygens (including phenoxy) is 1.